The number of ketones is 1. The maximum Gasteiger partial charge on any atom is 0.168 e. The molecule has 2 fully saturated rings. The smallest absolute Gasteiger partial charge is 0.168 e. The highest BCUT2D eigenvalue weighted by atomic mass is 35.5. The van der Waals surface area contributed by atoms with E-state index in [1.807, 2.05) is 24.3 Å². The summed E-state index contributed by atoms with van der Waals surface area (Å²) in [5.74, 6) is 1.36. The quantitative estimate of drug-likeness (QED) is 0.656. The standard InChI is InChI=1S/C24H31ClN4O3/c1-24(2)12-16(6-8-32-24)13-28-23-5-3-4-20(29-23)18-10-17(27-14-19(18)25)11-21(30)22-15-26-7-9-31-22/h3-5,10,14,16,22,26H,6-9,11-13,15H2,1-2H3,(H,28,29)/t16?,22-/m1/s1. The Hall–Kier alpha value is -2.06. The van der Waals surface area contributed by atoms with Crippen LogP contribution in [0.1, 0.15) is 32.4 Å². The van der Waals surface area contributed by atoms with Crippen LogP contribution in [0.5, 0.6) is 0 Å². The van der Waals surface area contributed by atoms with Crippen LogP contribution in [-0.2, 0) is 20.7 Å². The van der Waals surface area contributed by atoms with Gasteiger partial charge in [0.2, 0.25) is 0 Å². The second-order valence-corrected chi connectivity index (χ2v) is 9.53. The fourth-order valence-electron chi connectivity index (χ4n) is 4.30. The monoisotopic (exact) mass is 458 g/mol. The Bertz CT molecular complexity index is 947. The zero-order valence-corrected chi connectivity index (χ0v) is 19.5. The van der Waals surface area contributed by atoms with Gasteiger partial charge in [0.05, 0.1) is 29.3 Å². The molecular weight excluding hydrogens is 428 g/mol. The average molecular weight is 459 g/mol. The van der Waals surface area contributed by atoms with Crippen LogP contribution in [0.15, 0.2) is 30.5 Å². The van der Waals surface area contributed by atoms with Crippen molar-refractivity contribution in [2.45, 2.75) is 44.8 Å². The minimum Gasteiger partial charge on any atom is -0.376 e. The molecule has 0 aromatic carbocycles. The van der Waals surface area contributed by atoms with Crippen LogP contribution in [0.4, 0.5) is 5.82 Å². The molecule has 0 spiro atoms. The predicted molar refractivity (Wildman–Crippen MR) is 125 cm³/mol. The normalized spacial score (nSPS) is 23.0. The van der Waals surface area contributed by atoms with Crippen molar-refractivity contribution in [2.24, 2.45) is 5.92 Å². The summed E-state index contributed by atoms with van der Waals surface area (Å²) >= 11 is 6.44. The Labute approximate surface area is 194 Å². The maximum absolute atomic E-state index is 12.6. The Morgan fingerprint density at radius 1 is 1.34 bits per heavy atom. The number of rotatable bonds is 7. The molecule has 4 heterocycles. The van der Waals surface area contributed by atoms with E-state index in [0.29, 0.717) is 29.8 Å². The summed E-state index contributed by atoms with van der Waals surface area (Å²) in [7, 11) is 0. The SMILES string of the molecule is CC1(C)CC(CNc2cccc(-c3cc(CC(=O)[C@H]4CNCCO4)ncc3Cl)n2)CCO1. The molecule has 32 heavy (non-hydrogen) atoms. The van der Waals surface area contributed by atoms with E-state index >= 15 is 0 Å². The molecule has 0 amide bonds. The van der Waals surface area contributed by atoms with Crippen molar-refractivity contribution in [2.75, 3.05) is 38.2 Å². The molecule has 4 rings (SSSR count). The van der Waals surface area contributed by atoms with E-state index in [-0.39, 0.29) is 17.8 Å². The summed E-state index contributed by atoms with van der Waals surface area (Å²) in [5, 5.41) is 7.16. The molecule has 2 aromatic heterocycles. The molecule has 2 saturated heterocycles. The third-order valence-electron chi connectivity index (χ3n) is 5.95. The third kappa shape index (κ3) is 6.04. The molecule has 2 aliphatic rings. The van der Waals surface area contributed by atoms with E-state index in [0.717, 1.165) is 49.6 Å². The minimum absolute atomic E-state index is 0.0146. The number of ether oxygens (including phenoxy) is 2. The Balaban J connectivity index is 1.43. The van der Waals surface area contributed by atoms with Gasteiger partial charge in [0, 0.05) is 43.7 Å². The van der Waals surface area contributed by atoms with Crippen molar-refractivity contribution in [1.29, 1.82) is 0 Å². The lowest BCUT2D eigenvalue weighted by molar-refractivity contribution is -0.131. The highest BCUT2D eigenvalue weighted by Gasteiger charge is 2.28. The number of nitrogens with one attached hydrogen (secondary N) is 2. The van der Waals surface area contributed by atoms with E-state index in [2.05, 4.69) is 29.5 Å². The van der Waals surface area contributed by atoms with Crippen LogP contribution in [0.25, 0.3) is 11.3 Å². The van der Waals surface area contributed by atoms with Gasteiger partial charge in [0.1, 0.15) is 11.9 Å². The number of Topliss-reactive ketones (excluding diaryl/α,β-unsaturated/α-hetero) is 1. The number of pyridine rings is 2. The van der Waals surface area contributed by atoms with E-state index in [4.69, 9.17) is 26.1 Å². The van der Waals surface area contributed by atoms with E-state index in [1.165, 1.54) is 0 Å². The van der Waals surface area contributed by atoms with Gasteiger partial charge in [-0.05, 0) is 50.8 Å². The lowest BCUT2D eigenvalue weighted by Crippen LogP contribution is -2.43. The van der Waals surface area contributed by atoms with Gasteiger partial charge in [-0.1, -0.05) is 17.7 Å². The molecule has 8 heteroatoms. The second kappa shape index (κ2) is 10.3. The maximum atomic E-state index is 12.6. The van der Waals surface area contributed by atoms with E-state index < -0.39 is 6.10 Å². The number of carbonyl (C=O) groups excluding carboxylic acids is 1. The first kappa shape index (κ1) is 23.1. The average Bonchev–Trinajstić information content (AvgIpc) is 2.79. The highest BCUT2D eigenvalue weighted by Crippen LogP contribution is 2.30. The fourth-order valence-corrected chi connectivity index (χ4v) is 4.50. The number of aromatic nitrogens is 2. The fraction of sp³-hybridized carbons (Fsp3) is 0.542. The van der Waals surface area contributed by atoms with E-state index in [1.54, 1.807) is 6.20 Å². The Morgan fingerprint density at radius 2 is 2.22 bits per heavy atom. The van der Waals surface area contributed by atoms with Crippen LogP contribution in [-0.4, -0.2) is 60.3 Å². The number of morpholine rings is 1. The van der Waals surface area contributed by atoms with Gasteiger partial charge in [-0.15, -0.1) is 0 Å². The molecular formula is C24H31ClN4O3. The van der Waals surface area contributed by atoms with Gasteiger partial charge < -0.3 is 20.1 Å². The van der Waals surface area contributed by atoms with Crippen molar-refractivity contribution in [3.8, 4) is 11.3 Å². The molecule has 0 radical (unpaired) electrons. The summed E-state index contributed by atoms with van der Waals surface area (Å²) in [6.45, 7) is 7.79. The largest absolute Gasteiger partial charge is 0.376 e. The number of hydrogen-bond acceptors (Lipinski definition) is 7. The van der Waals surface area contributed by atoms with Crippen LogP contribution >= 0.6 is 11.6 Å². The summed E-state index contributed by atoms with van der Waals surface area (Å²) in [4.78, 5) is 21.7. The molecule has 0 saturated carbocycles. The topological polar surface area (TPSA) is 85.4 Å². The van der Waals surface area contributed by atoms with Crippen molar-refractivity contribution in [3.05, 3.63) is 41.2 Å². The first-order chi connectivity index (χ1) is 15.4. The zero-order chi connectivity index (χ0) is 22.6. The van der Waals surface area contributed by atoms with Gasteiger partial charge in [-0.25, -0.2) is 4.98 Å². The summed E-state index contributed by atoms with van der Waals surface area (Å²) < 4.78 is 11.4. The van der Waals surface area contributed by atoms with Crippen LogP contribution in [0.2, 0.25) is 5.02 Å². The van der Waals surface area contributed by atoms with Gasteiger partial charge in [-0.3, -0.25) is 9.78 Å². The zero-order valence-electron chi connectivity index (χ0n) is 18.7. The van der Waals surface area contributed by atoms with Gasteiger partial charge in [0.25, 0.3) is 0 Å². The molecule has 2 atom stereocenters. The lowest BCUT2D eigenvalue weighted by atomic mass is 9.88. The Kier molecular flexibility index (Phi) is 7.40. The number of carbonyl (C=O) groups is 1. The second-order valence-electron chi connectivity index (χ2n) is 9.12. The van der Waals surface area contributed by atoms with Gasteiger partial charge in [-0.2, -0.15) is 0 Å². The summed E-state index contributed by atoms with van der Waals surface area (Å²) in [6, 6.07) is 7.69. The van der Waals surface area contributed by atoms with Crippen LogP contribution in [0, 0.1) is 5.92 Å². The van der Waals surface area contributed by atoms with Crippen LogP contribution < -0.4 is 10.6 Å². The van der Waals surface area contributed by atoms with Gasteiger partial charge >= 0.3 is 0 Å². The third-order valence-corrected chi connectivity index (χ3v) is 6.25. The van der Waals surface area contributed by atoms with Crippen molar-refractivity contribution >= 4 is 23.2 Å². The number of hydrogen-bond donors (Lipinski definition) is 2. The van der Waals surface area contributed by atoms with Crippen molar-refractivity contribution in [3.63, 3.8) is 0 Å². The molecule has 1 unspecified atom stereocenters. The number of halogens is 1. The van der Waals surface area contributed by atoms with Gasteiger partial charge in [0.15, 0.2) is 5.78 Å². The molecule has 2 N–H and O–H groups in total. The predicted octanol–water partition coefficient (Wildman–Crippen LogP) is 3.51. The highest BCUT2D eigenvalue weighted by molar-refractivity contribution is 6.33. The first-order valence-electron chi connectivity index (χ1n) is 11.2. The summed E-state index contributed by atoms with van der Waals surface area (Å²) in [6.07, 6.45) is 3.43. The van der Waals surface area contributed by atoms with Crippen molar-refractivity contribution < 1.29 is 14.3 Å². The van der Waals surface area contributed by atoms with Crippen molar-refractivity contribution in [1.82, 2.24) is 15.3 Å². The molecule has 0 aliphatic carbocycles. The molecule has 0 bridgehead atoms. The molecule has 2 aromatic rings. The van der Waals surface area contributed by atoms with E-state index in [9.17, 15) is 4.79 Å². The summed E-state index contributed by atoms with van der Waals surface area (Å²) in [5.41, 5.74) is 2.10. The lowest BCUT2D eigenvalue weighted by Gasteiger charge is -2.35. The molecule has 2 aliphatic heterocycles. The Morgan fingerprint density at radius 3 is 3.00 bits per heavy atom. The number of nitrogens with zero attached hydrogens (tertiary/aromatic N) is 2. The molecule has 172 valence electrons. The minimum atomic E-state index is -0.425. The van der Waals surface area contributed by atoms with Crippen LogP contribution in [0.3, 0.4) is 0 Å². The number of anilines is 1. The first-order valence-corrected chi connectivity index (χ1v) is 11.6. The molecule has 7 nitrogen and oxygen atoms in total.